The van der Waals surface area contributed by atoms with Gasteiger partial charge < -0.3 is 9.47 Å². The molecule has 136 valence electrons. The summed E-state index contributed by atoms with van der Waals surface area (Å²) in [6, 6.07) is 17.5. The van der Waals surface area contributed by atoms with E-state index in [9.17, 15) is 9.59 Å². The summed E-state index contributed by atoms with van der Waals surface area (Å²) in [5.41, 5.74) is 5.00. The first-order valence-corrected chi connectivity index (χ1v) is 8.34. The van der Waals surface area contributed by atoms with Crippen molar-refractivity contribution in [2.45, 2.75) is 20.3 Å². The predicted molar refractivity (Wildman–Crippen MR) is 99.9 cm³/mol. The number of hydrazone groups is 1. The maximum atomic E-state index is 11.8. The number of ether oxygens (including phenoxy) is 2. The number of nitrogens with one attached hydrogen (secondary N) is 1. The zero-order valence-electron chi connectivity index (χ0n) is 14.9. The van der Waals surface area contributed by atoms with Crippen LogP contribution < -0.4 is 10.2 Å². The van der Waals surface area contributed by atoms with Crippen molar-refractivity contribution in [1.82, 2.24) is 5.43 Å². The molecule has 0 heterocycles. The number of amides is 1. The summed E-state index contributed by atoms with van der Waals surface area (Å²) >= 11 is 0. The third-order valence-corrected chi connectivity index (χ3v) is 3.41. The van der Waals surface area contributed by atoms with Gasteiger partial charge in [-0.05, 0) is 37.1 Å². The van der Waals surface area contributed by atoms with E-state index in [0.717, 1.165) is 11.1 Å². The van der Waals surface area contributed by atoms with E-state index in [0.29, 0.717) is 18.1 Å². The van der Waals surface area contributed by atoms with E-state index in [1.807, 2.05) is 54.6 Å². The zero-order chi connectivity index (χ0) is 18.8. The second-order valence-electron chi connectivity index (χ2n) is 5.54. The van der Waals surface area contributed by atoms with Gasteiger partial charge in [-0.1, -0.05) is 42.5 Å². The minimum Gasteiger partial charge on any atom is -0.484 e. The smallest absolute Gasteiger partial charge is 0.311 e. The molecular weight excluding hydrogens is 332 g/mol. The Labute approximate surface area is 152 Å². The average Bonchev–Trinajstić information content (AvgIpc) is 2.66. The molecule has 0 bridgehead atoms. The highest BCUT2D eigenvalue weighted by molar-refractivity contribution is 5.98. The Morgan fingerprint density at radius 2 is 1.65 bits per heavy atom. The lowest BCUT2D eigenvalue weighted by Gasteiger charge is -2.07. The summed E-state index contributed by atoms with van der Waals surface area (Å²) < 4.78 is 10.2. The second-order valence-corrected chi connectivity index (χ2v) is 5.54. The number of hydrogen-bond acceptors (Lipinski definition) is 5. The number of benzene rings is 2. The van der Waals surface area contributed by atoms with Gasteiger partial charge in [-0.3, -0.25) is 9.59 Å². The van der Waals surface area contributed by atoms with Crippen LogP contribution in [0.25, 0.3) is 11.1 Å². The zero-order valence-corrected chi connectivity index (χ0v) is 14.9. The topological polar surface area (TPSA) is 77.0 Å². The van der Waals surface area contributed by atoms with Gasteiger partial charge in [0.15, 0.2) is 6.61 Å². The normalized spacial score (nSPS) is 10.9. The van der Waals surface area contributed by atoms with Gasteiger partial charge in [0.05, 0.1) is 13.0 Å². The van der Waals surface area contributed by atoms with Crippen LogP contribution in [0.4, 0.5) is 0 Å². The van der Waals surface area contributed by atoms with E-state index in [-0.39, 0.29) is 19.0 Å². The van der Waals surface area contributed by atoms with Crippen LogP contribution in [0.3, 0.4) is 0 Å². The fourth-order valence-electron chi connectivity index (χ4n) is 2.17. The molecule has 2 aromatic carbocycles. The van der Waals surface area contributed by atoms with Crippen molar-refractivity contribution in [2.75, 3.05) is 13.2 Å². The van der Waals surface area contributed by atoms with Gasteiger partial charge in [-0.25, -0.2) is 5.43 Å². The molecule has 26 heavy (non-hydrogen) atoms. The van der Waals surface area contributed by atoms with Crippen LogP contribution in [0.2, 0.25) is 0 Å². The van der Waals surface area contributed by atoms with Crippen LogP contribution in [-0.2, 0) is 14.3 Å². The molecule has 1 N–H and O–H groups in total. The maximum Gasteiger partial charge on any atom is 0.311 e. The Morgan fingerprint density at radius 3 is 2.31 bits per heavy atom. The molecule has 0 aliphatic rings. The van der Waals surface area contributed by atoms with Crippen molar-refractivity contribution in [3.05, 3.63) is 54.6 Å². The third kappa shape index (κ3) is 6.39. The number of esters is 1. The number of carbonyl (C=O) groups excluding carboxylic acids is 2. The summed E-state index contributed by atoms with van der Waals surface area (Å²) in [7, 11) is 0. The minimum atomic E-state index is -0.402. The standard InChI is InChI=1S/C20H22N2O4/c1-3-25-20(24)13-15(2)21-22-19(23)14-26-18-11-9-17(10-12-18)16-7-5-4-6-8-16/h4-12H,3,13-14H2,1-2H3,(H,22,23)/b21-15+. The van der Waals surface area contributed by atoms with Gasteiger partial charge in [0.1, 0.15) is 5.75 Å². The monoisotopic (exact) mass is 354 g/mol. The molecule has 2 aromatic rings. The Bertz CT molecular complexity index is 755. The second kappa shape index (κ2) is 9.98. The number of rotatable bonds is 8. The van der Waals surface area contributed by atoms with E-state index in [1.165, 1.54) is 0 Å². The van der Waals surface area contributed by atoms with Gasteiger partial charge >= 0.3 is 5.97 Å². The van der Waals surface area contributed by atoms with Crippen LogP contribution in [0.5, 0.6) is 5.75 Å². The molecule has 2 rings (SSSR count). The molecule has 6 nitrogen and oxygen atoms in total. The van der Waals surface area contributed by atoms with Crippen molar-refractivity contribution in [3.8, 4) is 16.9 Å². The van der Waals surface area contributed by atoms with Gasteiger partial charge in [-0.2, -0.15) is 5.10 Å². The third-order valence-electron chi connectivity index (χ3n) is 3.41. The Kier molecular flexibility index (Phi) is 7.36. The van der Waals surface area contributed by atoms with Gasteiger partial charge in [0, 0.05) is 5.71 Å². The molecule has 0 spiro atoms. The fourth-order valence-corrected chi connectivity index (χ4v) is 2.17. The maximum absolute atomic E-state index is 11.8. The molecule has 0 atom stereocenters. The van der Waals surface area contributed by atoms with Crippen molar-refractivity contribution in [3.63, 3.8) is 0 Å². The van der Waals surface area contributed by atoms with Gasteiger partial charge in [0.2, 0.25) is 0 Å². The lowest BCUT2D eigenvalue weighted by atomic mass is 10.1. The lowest BCUT2D eigenvalue weighted by Crippen LogP contribution is -2.26. The van der Waals surface area contributed by atoms with E-state index in [1.54, 1.807) is 13.8 Å². The molecule has 6 heteroatoms. The van der Waals surface area contributed by atoms with Crippen molar-refractivity contribution in [2.24, 2.45) is 5.10 Å². The van der Waals surface area contributed by atoms with E-state index in [4.69, 9.17) is 9.47 Å². The Balaban J connectivity index is 1.79. The van der Waals surface area contributed by atoms with Crippen molar-refractivity contribution < 1.29 is 19.1 Å². The van der Waals surface area contributed by atoms with Crippen molar-refractivity contribution in [1.29, 1.82) is 0 Å². The molecule has 0 aromatic heterocycles. The van der Waals surface area contributed by atoms with Crippen LogP contribution in [0, 0.1) is 0 Å². The average molecular weight is 354 g/mol. The summed E-state index contributed by atoms with van der Waals surface area (Å²) in [4.78, 5) is 23.1. The Morgan fingerprint density at radius 1 is 1.00 bits per heavy atom. The molecule has 0 radical (unpaired) electrons. The van der Waals surface area contributed by atoms with Crippen LogP contribution >= 0.6 is 0 Å². The molecule has 0 unspecified atom stereocenters. The van der Waals surface area contributed by atoms with E-state index < -0.39 is 5.91 Å². The largest absolute Gasteiger partial charge is 0.484 e. The van der Waals surface area contributed by atoms with Crippen LogP contribution in [0.15, 0.2) is 59.7 Å². The number of carbonyl (C=O) groups is 2. The first kappa shape index (κ1) is 19.2. The van der Waals surface area contributed by atoms with E-state index in [2.05, 4.69) is 10.5 Å². The van der Waals surface area contributed by atoms with Gasteiger partial charge in [-0.15, -0.1) is 0 Å². The molecule has 0 aliphatic carbocycles. The first-order valence-electron chi connectivity index (χ1n) is 8.34. The quantitative estimate of drug-likeness (QED) is 0.449. The highest BCUT2D eigenvalue weighted by Gasteiger charge is 2.06. The summed E-state index contributed by atoms with van der Waals surface area (Å²) in [5, 5.41) is 3.85. The molecule has 0 fully saturated rings. The lowest BCUT2D eigenvalue weighted by molar-refractivity contribution is -0.141. The van der Waals surface area contributed by atoms with Crippen molar-refractivity contribution >= 4 is 17.6 Å². The molecule has 0 saturated heterocycles. The fraction of sp³-hybridized carbons (Fsp3) is 0.250. The SMILES string of the molecule is CCOC(=O)C/C(C)=N/NC(=O)COc1ccc(-c2ccccc2)cc1. The summed E-state index contributed by atoms with van der Waals surface area (Å²) in [5.74, 6) is -0.190. The molecular formula is C20H22N2O4. The van der Waals surface area contributed by atoms with Gasteiger partial charge in [0.25, 0.3) is 5.91 Å². The number of nitrogens with zero attached hydrogens (tertiary/aromatic N) is 1. The molecule has 0 saturated carbocycles. The highest BCUT2D eigenvalue weighted by Crippen LogP contribution is 2.21. The molecule has 1 amide bonds. The van der Waals surface area contributed by atoms with Crippen LogP contribution in [-0.4, -0.2) is 30.8 Å². The summed E-state index contributed by atoms with van der Waals surface area (Å²) in [6.45, 7) is 3.52. The summed E-state index contributed by atoms with van der Waals surface area (Å²) in [6.07, 6.45) is 0.0376. The predicted octanol–water partition coefficient (Wildman–Crippen LogP) is 3.18. The minimum absolute atomic E-state index is 0.0376. The van der Waals surface area contributed by atoms with E-state index >= 15 is 0 Å². The highest BCUT2D eigenvalue weighted by atomic mass is 16.5. The number of hydrogen-bond donors (Lipinski definition) is 1. The van der Waals surface area contributed by atoms with Crippen LogP contribution in [0.1, 0.15) is 20.3 Å². The first-order chi connectivity index (χ1) is 12.6. The molecule has 0 aliphatic heterocycles. The Hall–Kier alpha value is -3.15.